The zero-order valence-electron chi connectivity index (χ0n) is 19.3. The van der Waals surface area contributed by atoms with E-state index in [4.69, 9.17) is 0 Å². The SMILES string of the molecule is CC(C)(C)C1=C(c2ccccc2)P([Si](C)(C)C)[Si]1([Si](C)(C)C)[Si](C)(C)C. The van der Waals surface area contributed by atoms with E-state index < -0.39 is 29.7 Å². The summed E-state index contributed by atoms with van der Waals surface area (Å²) in [7, 11) is -3.73. The third-order valence-corrected chi connectivity index (χ3v) is 80.3. The first-order valence-electron chi connectivity index (χ1n) is 10.1. The lowest BCUT2D eigenvalue weighted by Gasteiger charge is -2.69. The molecule has 0 nitrogen and oxygen atoms in total. The van der Waals surface area contributed by atoms with Crippen LogP contribution in [-0.2, 0) is 0 Å². The number of benzene rings is 1. The van der Waals surface area contributed by atoms with E-state index >= 15 is 0 Å². The Bertz CT molecular complexity index is 681. The molecule has 0 saturated heterocycles. The number of hydrogen-bond acceptors (Lipinski definition) is 0. The van der Waals surface area contributed by atoms with Gasteiger partial charge in [0.15, 0.2) is 0 Å². The smallest absolute Gasteiger partial charge is 0.0952 e. The molecule has 5 heteroatoms. The summed E-state index contributed by atoms with van der Waals surface area (Å²) in [5.41, 5.74) is 1.88. The molecule has 0 N–H and O–H groups in total. The van der Waals surface area contributed by atoms with Crippen LogP contribution >= 0.6 is 7.02 Å². The topological polar surface area (TPSA) is 0 Å². The maximum Gasteiger partial charge on any atom is 0.0952 e. The van der Waals surface area contributed by atoms with Crippen molar-refractivity contribution in [2.45, 2.75) is 79.7 Å². The summed E-state index contributed by atoms with van der Waals surface area (Å²) in [6.07, 6.45) is 0. The second-order valence-electron chi connectivity index (χ2n) is 12.1. The van der Waals surface area contributed by atoms with E-state index in [1.807, 2.05) is 10.5 Å². The van der Waals surface area contributed by atoms with Crippen molar-refractivity contribution in [3.63, 3.8) is 0 Å². The fourth-order valence-corrected chi connectivity index (χ4v) is 125. The predicted octanol–water partition coefficient (Wildman–Crippen LogP) is 8.09. The third kappa shape index (κ3) is 3.39. The van der Waals surface area contributed by atoms with Gasteiger partial charge in [0.1, 0.15) is 0 Å². The lowest BCUT2D eigenvalue weighted by molar-refractivity contribution is 0.529. The maximum atomic E-state index is 2.74. The third-order valence-electron chi connectivity index (χ3n) is 5.80. The highest BCUT2D eigenvalue weighted by Gasteiger charge is 2.71. The van der Waals surface area contributed by atoms with Gasteiger partial charge in [0.25, 0.3) is 0 Å². The van der Waals surface area contributed by atoms with Gasteiger partial charge in [-0.05, 0) is 16.3 Å². The molecule has 0 radical (unpaired) electrons. The van der Waals surface area contributed by atoms with Crippen LogP contribution in [0, 0.1) is 5.41 Å². The molecule has 0 saturated carbocycles. The molecule has 0 aromatic heterocycles. The van der Waals surface area contributed by atoms with Crippen LogP contribution in [-0.4, -0.2) is 29.7 Å². The van der Waals surface area contributed by atoms with Gasteiger partial charge in [-0.1, -0.05) is 122 Å². The Labute approximate surface area is 168 Å². The number of hydrogen-bond donors (Lipinski definition) is 0. The average Bonchev–Trinajstić information content (AvgIpc) is 2.31. The molecule has 0 fully saturated rings. The Morgan fingerprint density at radius 2 is 1.15 bits per heavy atom. The molecule has 1 heterocycles. The zero-order chi connectivity index (χ0) is 20.3. The predicted molar refractivity (Wildman–Crippen MR) is 136 cm³/mol. The van der Waals surface area contributed by atoms with Crippen LogP contribution in [0.5, 0.6) is 0 Å². The summed E-state index contributed by atoms with van der Waals surface area (Å²) in [6.45, 7) is 30.6. The van der Waals surface area contributed by atoms with Crippen LogP contribution in [0.15, 0.2) is 35.5 Å². The molecule has 0 aliphatic carbocycles. The Balaban J connectivity index is 3.01. The molecular weight excluding hydrogens is 396 g/mol. The van der Waals surface area contributed by atoms with Gasteiger partial charge in [0.05, 0.1) is 14.5 Å². The Morgan fingerprint density at radius 1 is 0.731 bits per heavy atom. The van der Waals surface area contributed by atoms with Crippen molar-refractivity contribution < 1.29 is 0 Å². The highest BCUT2D eigenvalue weighted by molar-refractivity contribution is 8.40. The molecule has 1 aromatic rings. The van der Waals surface area contributed by atoms with Gasteiger partial charge in [0.2, 0.25) is 0 Å². The second kappa shape index (κ2) is 6.65. The average molecular weight is 437 g/mol. The summed E-state index contributed by atoms with van der Waals surface area (Å²) in [5.74, 6) is 0. The highest BCUT2D eigenvalue weighted by Crippen LogP contribution is 2.80. The lowest BCUT2D eigenvalue weighted by atomic mass is 9.94. The van der Waals surface area contributed by atoms with Crippen molar-refractivity contribution in [1.29, 1.82) is 0 Å². The van der Waals surface area contributed by atoms with Crippen LogP contribution in [0.1, 0.15) is 26.3 Å². The molecular formula is C21H41PSi4. The quantitative estimate of drug-likeness (QED) is 0.330. The zero-order valence-corrected chi connectivity index (χ0v) is 24.2. The van der Waals surface area contributed by atoms with Crippen molar-refractivity contribution in [2.24, 2.45) is 5.41 Å². The summed E-state index contributed by atoms with van der Waals surface area (Å²) >= 11 is 0. The Hall–Kier alpha value is 0.258. The minimum atomic E-state index is -1.44. The van der Waals surface area contributed by atoms with Crippen molar-refractivity contribution in [3.8, 4) is 0 Å². The summed E-state index contributed by atoms with van der Waals surface area (Å²) in [5, 5.41) is 3.87. The highest BCUT2D eigenvalue weighted by atomic mass is 31.7. The van der Waals surface area contributed by atoms with E-state index in [9.17, 15) is 0 Å². The summed E-state index contributed by atoms with van der Waals surface area (Å²) in [6, 6.07) is 11.5. The van der Waals surface area contributed by atoms with Gasteiger partial charge in [-0.15, -0.1) is 0 Å². The van der Waals surface area contributed by atoms with Crippen molar-refractivity contribution >= 4 is 42.0 Å². The first-order chi connectivity index (χ1) is 11.5. The van der Waals surface area contributed by atoms with Gasteiger partial charge in [-0.2, -0.15) is 0 Å². The van der Waals surface area contributed by atoms with Gasteiger partial charge in [-0.3, -0.25) is 0 Å². The lowest BCUT2D eigenvalue weighted by Crippen LogP contribution is -2.78. The van der Waals surface area contributed by atoms with Crippen LogP contribution in [0.3, 0.4) is 0 Å². The second-order valence-corrected chi connectivity index (χ2v) is 56.0. The fraction of sp³-hybridized carbons (Fsp3) is 0.619. The molecule has 1 aromatic carbocycles. The Kier molecular flexibility index (Phi) is 5.77. The van der Waals surface area contributed by atoms with Crippen molar-refractivity contribution in [3.05, 3.63) is 41.1 Å². The first kappa shape index (κ1) is 22.5. The van der Waals surface area contributed by atoms with Gasteiger partial charge in [0, 0.05) is 15.2 Å². The minimum Gasteiger partial charge on any atom is -0.0990 e. The monoisotopic (exact) mass is 436 g/mol. The summed E-state index contributed by atoms with van der Waals surface area (Å²) < 4.78 is 0. The molecule has 1 aliphatic heterocycles. The van der Waals surface area contributed by atoms with Crippen LogP contribution in [0.25, 0.3) is 5.31 Å². The summed E-state index contributed by atoms with van der Waals surface area (Å²) in [4.78, 5) is 0. The molecule has 1 aliphatic rings. The fourth-order valence-electron chi connectivity index (χ4n) is 5.66. The van der Waals surface area contributed by atoms with E-state index in [-0.39, 0.29) is 7.02 Å². The standard InChI is InChI=1S/C21H41PSi4/c1-21(2,3)20-19(18-16-14-13-15-17-18)22(23(4,5)6)26(20,24(7,8)9)25(10,11)12/h13-17H,1-12H3. The van der Waals surface area contributed by atoms with E-state index in [1.165, 1.54) is 0 Å². The van der Waals surface area contributed by atoms with Crippen molar-refractivity contribution in [2.75, 3.05) is 0 Å². The molecule has 0 spiro atoms. The molecule has 0 amide bonds. The molecule has 26 heavy (non-hydrogen) atoms. The van der Waals surface area contributed by atoms with Crippen molar-refractivity contribution in [1.82, 2.24) is 0 Å². The van der Waals surface area contributed by atoms with Crippen LogP contribution < -0.4 is 0 Å². The van der Waals surface area contributed by atoms with Gasteiger partial charge < -0.3 is 0 Å². The largest absolute Gasteiger partial charge is 0.0990 e. The van der Waals surface area contributed by atoms with E-state index in [0.717, 1.165) is 0 Å². The molecule has 2 rings (SSSR count). The van der Waals surface area contributed by atoms with Crippen LogP contribution in [0.4, 0.5) is 0 Å². The maximum absolute atomic E-state index is 2.74. The molecule has 1 unspecified atom stereocenters. The number of rotatable bonds is 4. The molecule has 1 atom stereocenters. The van der Waals surface area contributed by atoms with E-state index in [0.29, 0.717) is 5.41 Å². The van der Waals surface area contributed by atoms with E-state index in [1.54, 1.807) is 5.56 Å². The van der Waals surface area contributed by atoms with E-state index in [2.05, 4.69) is 110 Å². The Morgan fingerprint density at radius 3 is 1.46 bits per heavy atom. The molecule has 0 bridgehead atoms. The molecule has 146 valence electrons. The normalized spacial score (nSPS) is 21.6. The number of allylic oxidation sites excluding steroid dienone is 1. The van der Waals surface area contributed by atoms with Gasteiger partial charge in [-0.25, -0.2) is 0 Å². The van der Waals surface area contributed by atoms with Crippen LogP contribution in [0.2, 0.25) is 58.9 Å². The minimum absolute atomic E-state index is 0.0749. The van der Waals surface area contributed by atoms with Gasteiger partial charge >= 0.3 is 0 Å². The first-order valence-corrected chi connectivity index (χ1v) is 27.6.